The number of carbonyl (C=O) groups excluding carboxylic acids is 3. The number of carbonyl (C=O) groups is 3. The lowest BCUT2D eigenvalue weighted by molar-refractivity contribution is -0.129. The van der Waals surface area contributed by atoms with Crippen LogP contribution in [0.4, 0.5) is 11.5 Å². The first kappa shape index (κ1) is 33.0. The van der Waals surface area contributed by atoms with E-state index >= 15 is 0 Å². The van der Waals surface area contributed by atoms with Gasteiger partial charge >= 0.3 is 0 Å². The molecule has 2 aromatic heterocycles. The second-order valence-electron chi connectivity index (χ2n) is 11.9. The van der Waals surface area contributed by atoms with E-state index in [2.05, 4.69) is 15.2 Å². The van der Waals surface area contributed by atoms with Gasteiger partial charge in [0.2, 0.25) is 11.8 Å². The molecule has 0 atom stereocenters. The molecule has 0 bridgehead atoms. The number of rotatable bonds is 13. The van der Waals surface area contributed by atoms with Crippen molar-refractivity contribution in [1.29, 1.82) is 0 Å². The van der Waals surface area contributed by atoms with Crippen LogP contribution >= 0.6 is 0 Å². The van der Waals surface area contributed by atoms with Crippen LogP contribution in [0.1, 0.15) is 59.7 Å². The molecule has 0 saturated carbocycles. The number of furan rings is 1. The fourth-order valence-electron chi connectivity index (χ4n) is 5.76. The number of piperazine rings is 1. The van der Waals surface area contributed by atoms with E-state index in [4.69, 9.17) is 18.6 Å². The van der Waals surface area contributed by atoms with Crippen molar-refractivity contribution in [3.8, 4) is 5.88 Å². The first-order chi connectivity index (χ1) is 22.2. The van der Waals surface area contributed by atoms with Gasteiger partial charge in [-0.1, -0.05) is 30.3 Å². The zero-order valence-electron chi connectivity index (χ0n) is 27.0. The van der Waals surface area contributed by atoms with Gasteiger partial charge in [0.15, 0.2) is 0 Å². The van der Waals surface area contributed by atoms with E-state index in [0.717, 1.165) is 5.56 Å². The molecule has 4 heterocycles. The van der Waals surface area contributed by atoms with Crippen LogP contribution in [0, 0.1) is 0 Å². The van der Waals surface area contributed by atoms with E-state index in [9.17, 15) is 14.4 Å². The molecule has 1 N–H and O–H groups in total. The number of nitrogens with zero attached hydrogens (tertiary/aromatic N) is 4. The van der Waals surface area contributed by atoms with Crippen LogP contribution < -0.4 is 15.0 Å². The third-order valence-electron chi connectivity index (χ3n) is 8.26. The number of hydrogen-bond donors (Lipinski definition) is 1. The third-order valence-corrected chi connectivity index (χ3v) is 8.26. The van der Waals surface area contributed by atoms with E-state index in [1.165, 1.54) is 6.26 Å². The van der Waals surface area contributed by atoms with Crippen molar-refractivity contribution in [2.45, 2.75) is 46.3 Å². The minimum atomic E-state index is -0.527. The number of fused-ring (bicyclic) bond motifs is 1. The molecular weight excluding hydrogens is 590 g/mol. The number of ether oxygens (including phenoxy) is 3. The fraction of sp³-hybridized carbons (Fsp3) is 0.471. The van der Waals surface area contributed by atoms with Gasteiger partial charge in [-0.25, -0.2) is 0 Å². The summed E-state index contributed by atoms with van der Waals surface area (Å²) < 4.78 is 23.0. The number of aromatic nitrogens is 1. The van der Waals surface area contributed by atoms with Crippen LogP contribution in [-0.4, -0.2) is 97.2 Å². The van der Waals surface area contributed by atoms with Crippen LogP contribution in [0.15, 0.2) is 53.1 Å². The highest BCUT2D eigenvalue weighted by Crippen LogP contribution is 2.34. The maximum atomic E-state index is 13.8. The number of hydrogen-bond acceptors (Lipinski definition) is 9. The second-order valence-corrected chi connectivity index (χ2v) is 11.9. The van der Waals surface area contributed by atoms with Crippen molar-refractivity contribution >= 4 is 29.2 Å². The molecule has 2 aliphatic heterocycles. The van der Waals surface area contributed by atoms with Crippen LogP contribution in [0.2, 0.25) is 0 Å². The molecule has 3 aromatic rings. The van der Waals surface area contributed by atoms with Crippen molar-refractivity contribution in [2.75, 3.05) is 69.4 Å². The molecule has 5 rings (SSSR count). The summed E-state index contributed by atoms with van der Waals surface area (Å²) in [5.74, 6) is 0.741. The Balaban J connectivity index is 1.20. The Morgan fingerprint density at radius 2 is 1.74 bits per heavy atom. The van der Waals surface area contributed by atoms with E-state index in [1.54, 1.807) is 22.8 Å². The maximum Gasteiger partial charge on any atom is 0.259 e. The predicted octanol–water partition coefficient (Wildman–Crippen LogP) is 4.00. The second kappa shape index (κ2) is 14.8. The van der Waals surface area contributed by atoms with Crippen molar-refractivity contribution in [1.82, 2.24) is 14.8 Å². The van der Waals surface area contributed by atoms with E-state index in [1.807, 2.05) is 57.2 Å². The van der Waals surface area contributed by atoms with Crippen LogP contribution in [-0.2, 0) is 27.3 Å². The molecule has 0 aliphatic carbocycles. The normalized spacial score (nSPS) is 15.9. The monoisotopic (exact) mass is 633 g/mol. The summed E-state index contributed by atoms with van der Waals surface area (Å²) in [4.78, 5) is 49.3. The van der Waals surface area contributed by atoms with Crippen LogP contribution in [0.5, 0.6) is 5.88 Å². The summed E-state index contributed by atoms with van der Waals surface area (Å²) in [6.45, 7) is 12.3. The first-order valence-corrected chi connectivity index (χ1v) is 15.8. The van der Waals surface area contributed by atoms with Gasteiger partial charge in [0.25, 0.3) is 11.8 Å². The van der Waals surface area contributed by atoms with Crippen molar-refractivity contribution in [3.05, 3.63) is 71.2 Å². The number of amides is 3. The minimum Gasteiger partial charge on any atom is -0.476 e. The van der Waals surface area contributed by atoms with Gasteiger partial charge in [-0.15, -0.1) is 0 Å². The maximum absolute atomic E-state index is 13.8. The molecule has 2 aliphatic rings. The molecule has 246 valence electrons. The lowest BCUT2D eigenvalue weighted by Crippen LogP contribution is -2.54. The van der Waals surface area contributed by atoms with Crippen molar-refractivity contribution < 1.29 is 33.0 Å². The Morgan fingerprint density at radius 3 is 2.46 bits per heavy atom. The zero-order valence-corrected chi connectivity index (χ0v) is 27.0. The molecule has 3 amide bonds. The SMILES string of the molecule is CCOc1nc(N2CCN(C(C)=O)CC2)ccc1NC(=O)c1coc2c1C(=O)N(CCOCCOCc1ccccc1)C(C)(C)C2. The smallest absolute Gasteiger partial charge is 0.259 e. The van der Waals surface area contributed by atoms with Gasteiger partial charge < -0.3 is 38.6 Å². The molecule has 46 heavy (non-hydrogen) atoms. The highest BCUT2D eigenvalue weighted by molar-refractivity contribution is 6.13. The average molecular weight is 634 g/mol. The Hall–Kier alpha value is -4.42. The average Bonchev–Trinajstić information content (AvgIpc) is 3.46. The van der Waals surface area contributed by atoms with Crippen molar-refractivity contribution in [2.24, 2.45) is 0 Å². The molecule has 1 aromatic carbocycles. The summed E-state index contributed by atoms with van der Waals surface area (Å²) in [5.41, 5.74) is 1.37. The van der Waals surface area contributed by atoms with Crippen LogP contribution in [0.3, 0.4) is 0 Å². The van der Waals surface area contributed by atoms with E-state index in [0.29, 0.717) is 89.4 Å². The van der Waals surface area contributed by atoms with Crippen LogP contribution in [0.25, 0.3) is 0 Å². The lowest BCUT2D eigenvalue weighted by atomic mass is 9.88. The predicted molar refractivity (Wildman–Crippen MR) is 172 cm³/mol. The molecule has 12 heteroatoms. The van der Waals surface area contributed by atoms with Gasteiger partial charge in [-0.05, 0) is 38.5 Å². The van der Waals surface area contributed by atoms with Gasteiger partial charge in [-0.3, -0.25) is 14.4 Å². The zero-order chi connectivity index (χ0) is 32.7. The van der Waals surface area contributed by atoms with Gasteiger partial charge in [-0.2, -0.15) is 4.98 Å². The molecule has 0 radical (unpaired) electrons. The highest BCUT2D eigenvalue weighted by atomic mass is 16.5. The standard InChI is InChI=1S/C34H43N5O7/c1-5-45-32-27(11-12-29(36-32)38-15-13-37(14-16-38)24(2)40)35-31(41)26-23-46-28-21-34(3,4)39(33(42)30(26)28)17-18-43-19-20-44-22-25-9-7-6-8-10-25/h6-12,23H,5,13-22H2,1-4H3,(H,35,41). The van der Waals surface area contributed by atoms with Gasteiger partial charge in [0, 0.05) is 51.6 Å². The third kappa shape index (κ3) is 7.68. The largest absolute Gasteiger partial charge is 0.476 e. The number of nitrogens with one attached hydrogen (secondary N) is 1. The quantitative estimate of drug-likeness (QED) is 0.278. The molecule has 0 spiro atoms. The van der Waals surface area contributed by atoms with Gasteiger partial charge in [0.1, 0.15) is 23.5 Å². The molecule has 1 saturated heterocycles. The Kier molecular flexibility index (Phi) is 10.6. The minimum absolute atomic E-state index is 0.0564. The molecule has 1 fully saturated rings. The number of pyridine rings is 1. The number of anilines is 2. The van der Waals surface area contributed by atoms with E-state index in [-0.39, 0.29) is 28.8 Å². The van der Waals surface area contributed by atoms with Crippen molar-refractivity contribution in [3.63, 3.8) is 0 Å². The molecular formula is C34H43N5O7. The number of benzene rings is 1. The van der Waals surface area contributed by atoms with E-state index < -0.39 is 11.4 Å². The summed E-state index contributed by atoms with van der Waals surface area (Å²) >= 11 is 0. The highest BCUT2D eigenvalue weighted by Gasteiger charge is 2.42. The summed E-state index contributed by atoms with van der Waals surface area (Å²) in [5, 5.41) is 2.87. The molecule has 0 unspecified atom stereocenters. The Bertz CT molecular complexity index is 1520. The fourth-order valence-corrected chi connectivity index (χ4v) is 5.76. The Morgan fingerprint density at radius 1 is 1.00 bits per heavy atom. The summed E-state index contributed by atoms with van der Waals surface area (Å²) in [7, 11) is 0. The van der Waals surface area contributed by atoms with Gasteiger partial charge in [0.05, 0.1) is 44.2 Å². The lowest BCUT2D eigenvalue weighted by Gasteiger charge is -2.41. The summed E-state index contributed by atoms with van der Waals surface area (Å²) in [6.07, 6.45) is 1.80. The molecule has 12 nitrogen and oxygen atoms in total. The topological polar surface area (TPSA) is 127 Å². The first-order valence-electron chi connectivity index (χ1n) is 15.8. The summed E-state index contributed by atoms with van der Waals surface area (Å²) in [6, 6.07) is 13.5. The Labute approximate surface area is 269 Å².